The first-order valence-corrected chi connectivity index (χ1v) is 8.99. The molecule has 0 saturated heterocycles. The number of aromatic nitrogens is 1. The molecule has 1 unspecified atom stereocenters. The van der Waals surface area contributed by atoms with Gasteiger partial charge in [-0.2, -0.15) is 0 Å². The molecular weight excluding hydrogens is 406 g/mol. The molecule has 144 valence electrons. The van der Waals surface area contributed by atoms with Crippen LogP contribution in [0.3, 0.4) is 0 Å². The quantitative estimate of drug-likeness (QED) is 0.553. The van der Waals surface area contributed by atoms with Crippen LogP contribution in [0.15, 0.2) is 60.8 Å². The predicted molar refractivity (Wildman–Crippen MR) is 106 cm³/mol. The van der Waals surface area contributed by atoms with E-state index < -0.39 is 17.8 Å². The zero-order valence-corrected chi connectivity index (χ0v) is 16.2. The summed E-state index contributed by atoms with van der Waals surface area (Å²) in [7, 11) is 0. The molecule has 1 aromatic heterocycles. The van der Waals surface area contributed by atoms with Crippen molar-refractivity contribution in [1.29, 1.82) is 0 Å². The first-order valence-electron chi connectivity index (χ1n) is 8.23. The number of para-hydroxylation sites is 2. The maximum Gasteiger partial charge on any atom is 0.265 e. The summed E-state index contributed by atoms with van der Waals surface area (Å²) < 4.78 is 24.4. The summed E-state index contributed by atoms with van der Waals surface area (Å²) in [5.41, 5.74) is 0.398. The molecule has 0 spiro atoms. The van der Waals surface area contributed by atoms with Crippen molar-refractivity contribution in [1.82, 2.24) is 4.98 Å². The lowest BCUT2D eigenvalue weighted by Crippen LogP contribution is -2.30. The Morgan fingerprint density at radius 1 is 1.14 bits per heavy atom. The lowest BCUT2D eigenvalue weighted by Gasteiger charge is -2.16. The van der Waals surface area contributed by atoms with E-state index in [-0.39, 0.29) is 16.7 Å². The lowest BCUT2D eigenvalue weighted by atomic mass is 10.2. The van der Waals surface area contributed by atoms with Gasteiger partial charge in [-0.3, -0.25) is 4.79 Å². The minimum atomic E-state index is -0.868. The van der Waals surface area contributed by atoms with E-state index in [4.69, 9.17) is 32.7 Å². The maximum absolute atomic E-state index is 13.3. The molecule has 1 amide bonds. The van der Waals surface area contributed by atoms with Gasteiger partial charge in [-0.15, -0.1) is 0 Å². The summed E-state index contributed by atoms with van der Waals surface area (Å²) in [5.74, 6) is -0.140. The highest BCUT2D eigenvalue weighted by Crippen LogP contribution is 2.33. The number of benzene rings is 2. The Bertz CT molecular complexity index is 1000. The molecular formula is C20H15Cl2FN2O3. The minimum absolute atomic E-state index is 0.150. The number of hydrogen-bond donors (Lipinski definition) is 1. The van der Waals surface area contributed by atoms with E-state index in [0.717, 1.165) is 0 Å². The monoisotopic (exact) mass is 420 g/mol. The number of ether oxygens (including phenoxy) is 2. The third-order valence-electron chi connectivity index (χ3n) is 3.60. The highest BCUT2D eigenvalue weighted by Gasteiger charge is 2.18. The number of nitrogens with zero attached hydrogens (tertiary/aromatic N) is 1. The highest BCUT2D eigenvalue weighted by molar-refractivity contribution is 6.35. The second-order valence-corrected chi connectivity index (χ2v) is 6.59. The van der Waals surface area contributed by atoms with Crippen LogP contribution < -0.4 is 14.8 Å². The van der Waals surface area contributed by atoms with Crippen molar-refractivity contribution in [3.63, 3.8) is 0 Å². The smallest absolute Gasteiger partial charge is 0.265 e. The van der Waals surface area contributed by atoms with Crippen LogP contribution in [0.2, 0.25) is 10.0 Å². The number of amides is 1. The molecule has 0 aliphatic heterocycles. The number of rotatable bonds is 6. The maximum atomic E-state index is 13.3. The van der Waals surface area contributed by atoms with Gasteiger partial charge in [0.15, 0.2) is 11.9 Å². The van der Waals surface area contributed by atoms with E-state index in [9.17, 15) is 9.18 Å². The highest BCUT2D eigenvalue weighted by atomic mass is 35.5. The second-order valence-electron chi connectivity index (χ2n) is 5.75. The SMILES string of the molecule is CC(Oc1cccc(F)c1)C(=O)Nc1ccccc1Oc1ncc(Cl)cc1Cl. The summed E-state index contributed by atoms with van der Waals surface area (Å²) >= 11 is 11.9. The Labute approximate surface area is 171 Å². The summed E-state index contributed by atoms with van der Waals surface area (Å²) in [6.45, 7) is 1.56. The fourth-order valence-electron chi connectivity index (χ4n) is 2.27. The van der Waals surface area contributed by atoms with Crippen LogP contribution in [-0.4, -0.2) is 17.0 Å². The molecule has 0 aliphatic carbocycles. The molecule has 3 rings (SSSR count). The largest absolute Gasteiger partial charge is 0.481 e. The molecule has 28 heavy (non-hydrogen) atoms. The number of carbonyl (C=O) groups excluding carboxylic acids is 1. The molecule has 3 aromatic rings. The van der Waals surface area contributed by atoms with Crippen molar-refractivity contribution in [3.05, 3.63) is 76.7 Å². The van der Waals surface area contributed by atoms with Crippen molar-refractivity contribution in [2.24, 2.45) is 0 Å². The number of pyridine rings is 1. The van der Waals surface area contributed by atoms with Crippen molar-refractivity contribution in [3.8, 4) is 17.4 Å². The Morgan fingerprint density at radius 3 is 2.68 bits per heavy atom. The van der Waals surface area contributed by atoms with E-state index in [1.165, 1.54) is 30.5 Å². The number of hydrogen-bond acceptors (Lipinski definition) is 4. The van der Waals surface area contributed by atoms with E-state index in [0.29, 0.717) is 16.5 Å². The van der Waals surface area contributed by atoms with Gasteiger partial charge in [0.05, 0.1) is 10.7 Å². The van der Waals surface area contributed by atoms with Gasteiger partial charge in [0.2, 0.25) is 5.88 Å². The summed E-state index contributed by atoms with van der Waals surface area (Å²) in [4.78, 5) is 16.5. The number of anilines is 1. The zero-order chi connectivity index (χ0) is 20.1. The van der Waals surface area contributed by atoms with Crippen molar-refractivity contribution in [2.75, 3.05) is 5.32 Å². The zero-order valence-electron chi connectivity index (χ0n) is 14.7. The number of carbonyl (C=O) groups is 1. The average molecular weight is 421 g/mol. The van der Waals surface area contributed by atoms with E-state index >= 15 is 0 Å². The van der Waals surface area contributed by atoms with Crippen LogP contribution >= 0.6 is 23.2 Å². The van der Waals surface area contributed by atoms with Gasteiger partial charge in [-0.05, 0) is 37.3 Å². The van der Waals surface area contributed by atoms with Crippen molar-refractivity contribution < 1.29 is 18.7 Å². The van der Waals surface area contributed by atoms with Gasteiger partial charge < -0.3 is 14.8 Å². The Morgan fingerprint density at radius 2 is 1.93 bits per heavy atom. The first kappa shape index (κ1) is 19.9. The molecule has 1 N–H and O–H groups in total. The Balaban J connectivity index is 1.72. The number of nitrogens with one attached hydrogen (secondary N) is 1. The van der Waals surface area contributed by atoms with Crippen molar-refractivity contribution >= 4 is 34.8 Å². The van der Waals surface area contributed by atoms with E-state index in [2.05, 4.69) is 10.3 Å². The van der Waals surface area contributed by atoms with Crippen LogP contribution in [-0.2, 0) is 4.79 Å². The average Bonchev–Trinajstić information content (AvgIpc) is 2.65. The van der Waals surface area contributed by atoms with Crippen molar-refractivity contribution in [2.45, 2.75) is 13.0 Å². The lowest BCUT2D eigenvalue weighted by molar-refractivity contribution is -0.122. The van der Waals surface area contributed by atoms with Gasteiger partial charge in [0.1, 0.15) is 16.6 Å². The predicted octanol–water partition coefficient (Wildman–Crippen LogP) is 5.73. The molecule has 0 bridgehead atoms. The fraction of sp³-hybridized carbons (Fsp3) is 0.100. The van der Waals surface area contributed by atoms with E-state index in [1.807, 2.05) is 0 Å². The molecule has 2 aromatic carbocycles. The van der Waals surface area contributed by atoms with Gasteiger partial charge in [-0.25, -0.2) is 9.37 Å². The van der Waals surface area contributed by atoms with Gasteiger partial charge in [-0.1, -0.05) is 41.4 Å². The fourth-order valence-corrected chi connectivity index (χ4v) is 2.69. The van der Waals surface area contributed by atoms with Crippen LogP contribution in [0.25, 0.3) is 0 Å². The second kappa shape index (κ2) is 8.91. The topological polar surface area (TPSA) is 60.5 Å². The summed E-state index contributed by atoms with van der Waals surface area (Å²) in [6.07, 6.45) is 0.533. The van der Waals surface area contributed by atoms with Crippen LogP contribution in [0.4, 0.5) is 10.1 Å². The molecule has 0 radical (unpaired) electrons. The van der Waals surface area contributed by atoms with Gasteiger partial charge in [0, 0.05) is 12.3 Å². The third-order valence-corrected chi connectivity index (χ3v) is 4.08. The number of halogens is 3. The van der Waals surface area contributed by atoms with Gasteiger partial charge >= 0.3 is 0 Å². The van der Waals surface area contributed by atoms with Gasteiger partial charge in [0.25, 0.3) is 5.91 Å². The molecule has 8 heteroatoms. The van der Waals surface area contributed by atoms with E-state index in [1.54, 1.807) is 37.3 Å². The standard InChI is InChI=1S/C20H15Cl2FN2O3/c1-12(27-15-6-4-5-14(23)10-15)19(26)25-17-7-2-3-8-18(17)28-20-16(22)9-13(21)11-24-20/h2-12H,1H3,(H,25,26). The molecule has 1 atom stereocenters. The van der Waals surface area contributed by atoms with Crippen LogP contribution in [0, 0.1) is 5.82 Å². The molecule has 5 nitrogen and oxygen atoms in total. The molecule has 0 aliphatic rings. The molecule has 0 saturated carbocycles. The Hall–Kier alpha value is -2.83. The Kier molecular flexibility index (Phi) is 6.34. The van der Waals surface area contributed by atoms with Crippen LogP contribution in [0.1, 0.15) is 6.92 Å². The summed E-state index contributed by atoms with van der Waals surface area (Å²) in [6, 6.07) is 13.8. The third kappa shape index (κ3) is 5.12. The normalized spacial score (nSPS) is 11.6. The minimum Gasteiger partial charge on any atom is -0.481 e. The molecule has 1 heterocycles. The first-order chi connectivity index (χ1) is 13.4. The summed E-state index contributed by atoms with van der Waals surface area (Å²) in [5, 5.41) is 3.33. The molecule has 0 fully saturated rings. The van der Waals surface area contributed by atoms with Crippen LogP contribution in [0.5, 0.6) is 17.4 Å².